The summed E-state index contributed by atoms with van der Waals surface area (Å²) in [4.78, 5) is 0. The van der Waals surface area contributed by atoms with Crippen LogP contribution in [0.1, 0.15) is 44.6 Å². The molecule has 2 nitrogen and oxygen atoms in total. The van der Waals surface area contributed by atoms with Crippen LogP contribution in [0.25, 0.3) is 0 Å². The second kappa shape index (κ2) is 5.37. The van der Waals surface area contributed by atoms with Gasteiger partial charge < -0.3 is 10.5 Å². The molecule has 1 fully saturated rings. The number of halogens is 1. The van der Waals surface area contributed by atoms with Gasteiger partial charge in [-0.1, -0.05) is 12.1 Å². The Labute approximate surface area is 108 Å². The fraction of sp³-hybridized carbons (Fsp3) is 0.600. The molecule has 0 amide bonds. The van der Waals surface area contributed by atoms with Crippen molar-refractivity contribution >= 4 is 0 Å². The van der Waals surface area contributed by atoms with Crippen LogP contribution in [0.4, 0.5) is 4.39 Å². The maximum absolute atomic E-state index is 12.9. The first-order valence-electron chi connectivity index (χ1n) is 6.63. The highest BCUT2D eigenvalue weighted by atomic mass is 19.1. The first-order valence-corrected chi connectivity index (χ1v) is 6.63. The maximum Gasteiger partial charge on any atom is 0.123 e. The normalized spacial score (nSPS) is 24.1. The highest BCUT2D eigenvalue weighted by Gasteiger charge is 2.32. The Bertz CT molecular complexity index is 388. The van der Waals surface area contributed by atoms with Crippen molar-refractivity contribution in [2.24, 2.45) is 5.73 Å². The lowest BCUT2D eigenvalue weighted by Crippen LogP contribution is -2.23. The van der Waals surface area contributed by atoms with Crippen molar-refractivity contribution < 1.29 is 9.13 Å². The zero-order valence-electron chi connectivity index (χ0n) is 11.2. The van der Waals surface area contributed by atoms with E-state index in [1.807, 2.05) is 12.1 Å². The Balaban J connectivity index is 2.00. The van der Waals surface area contributed by atoms with Crippen LogP contribution < -0.4 is 5.73 Å². The summed E-state index contributed by atoms with van der Waals surface area (Å²) in [6.45, 7) is 4.83. The van der Waals surface area contributed by atoms with E-state index >= 15 is 0 Å². The highest BCUT2D eigenvalue weighted by molar-refractivity contribution is 5.21. The molecule has 1 aromatic rings. The van der Waals surface area contributed by atoms with Crippen LogP contribution in [-0.4, -0.2) is 18.2 Å². The van der Waals surface area contributed by atoms with Gasteiger partial charge in [-0.2, -0.15) is 0 Å². The Hall–Kier alpha value is -0.930. The summed E-state index contributed by atoms with van der Waals surface area (Å²) in [6.07, 6.45) is 3.38. The minimum absolute atomic E-state index is 0.00733. The first kappa shape index (κ1) is 13.5. The molecule has 0 radical (unpaired) electrons. The van der Waals surface area contributed by atoms with Crippen LogP contribution in [0.2, 0.25) is 0 Å². The third kappa shape index (κ3) is 3.30. The van der Waals surface area contributed by atoms with Gasteiger partial charge in [0.1, 0.15) is 5.82 Å². The van der Waals surface area contributed by atoms with Crippen LogP contribution in [0.15, 0.2) is 24.3 Å². The van der Waals surface area contributed by atoms with Crippen LogP contribution in [-0.2, 0) is 4.74 Å². The van der Waals surface area contributed by atoms with Crippen molar-refractivity contribution in [3.63, 3.8) is 0 Å². The van der Waals surface area contributed by atoms with Crippen molar-refractivity contribution in [2.45, 2.75) is 50.7 Å². The second-order valence-electron chi connectivity index (χ2n) is 5.76. The highest BCUT2D eigenvalue weighted by Crippen LogP contribution is 2.34. The molecule has 2 rings (SSSR count). The molecule has 2 N–H and O–H groups in total. The van der Waals surface area contributed by atoms with Crippen molar-refractivity contribution in [1.82, 2.24) is 0 Å². The molecule has 0 bridgehead atoms. The fourth-order valence-corrected chi connectivity index (χ4v) is 2.66. The number of ether oxygens (including phenoxy) is 1. The Morgan fingerprint density at radius 1 is 1.39 bits per heavy atom. The summed E-state index contributed by atoms with van der Waals surface area (Å²) in [5, 5.41) is 0. The van der Waals surface area contributed by atoms with E-state index in [-0.39, 0.29) is 23.4 Å². The lowest BCUT2D eigenvalue weighted by molar-refractivity contribution is -0.0206. The molecule has 1 aliphatic heterocycles. The van der Waals surface area contributed by atoms with Gasteiger partial charge in [-0.25, -0.2) is 4.39 Å². The number of nitrogens with two attached hydrogens (primary N) is 1. The molecule has 1 saturated heterocycles. The first-order chi connectivity index (χ1) is 8.50. The molecular formula is C15H22FNO. The summed E-state index contributed by atoms with van der Waals surface area (Å²) < 4.78 is 18.9. The van der Waals surface area contributed by atoms with E-state index in [0.717, 1.165) is 24.8 Å². The van der Waals surface area contributed by atoms with Gasteiger partial charge in [-0.3, -0.25) is 0 Å². The van der Waals surface area contributed by atoms with E-state index in [2.05, 4.69) is 13.8 Å². The monoisotopic (exact) mass is 251 g/mol. The third-order valence-electron chi connectivity index (χ3n) is 3.73. The number of rotatable bonds is 4. The molecule has 2 atom stereocenters. The predicted octanol–water partition coefficient (Wildman–Crippen LogP) is 3.22. The number of benzene rings is 1. The summed E-state index contributed by atoms with van der Waals surface area (Å²) in [7, 11) is 0. The lowest BCUT2D eigenvalue weighted by Gasteiger charge is -2.23. The summed E-state index contributed by atoms with van der Waals surface area (Å²) in [5.74, 6) is 0.0530. The number of hydrogen-bond acceptors (Lipinski definition) is 2. The predicted molar refractivity (Wildman–Crippen MR) is 71.0 cm³/mol. The Kier molecular flexibility index (Phi) is 4.03. The molecule has 3 heteroatoms. The van der Waals surface area contributed by atoms with Crippen molar-refractivity contribution in [3.8, 4) is 0 Å². The van der Waals surface area contributed by atoms with E-state index in [1.54, 1.807) is 0 Å². The van der Waals surface area contributed by atoms with Crippen LogP contribution in [0.5, 0.6) is 0 Å². The van der Waals surface area contributed by atoms with Crippen LogP contribution in [0, 0.1) is 5.82 Å². The van der Waals surface area contributed by atoms with Gasteiger partial charge in [0.05, 0.1) is 11.7 Å². The fourth-order valence-electron chi connectivity index (χ4n) is 2.66. The largest absolute Gasteiger partial charge is 0.372 e. The average molecular weight is 251 g/mol. The molecule has 0 aromatic heterocycles. The van der Waals surface area contributed by atoms with Crippen LogP contribution in [0.3, 0.4) is 0 Å². The van der Waals surface area contributed by atoms with Gasteiger partial charge in [0.2, 0.25) is 0 Å². The van der Waals surface area contributed by atoms with Gasteiger partial charge in [0, 0.05) is 0 Å². The van der Waals surface area contributed by atoms with Crippen molar-refractivity contribution in [1.29, 1.82) is 0 Å². The third-order valence-corrected chi connectivity index (χ3v) is 3.73. The van der Waals surface area contributed by atoms with Gasteiger partial charge in [-0.15, -0.1) is 0 Å². The standard InChI is InChI=1S/C15H22FNO/c1-15(2)8-7-14(18-15)9-12(10-17)11-3-5-13(16)6-4-11/h3-6,12,14H,7-10,17H2,1-2H3. The van der Waals surface area contributed by atoms with E-state index in [9.17, 15) is 4.39 Å². The molecule has 1 aromatic carbocycles. The molecular weight excluding hydrogens is 229 g/mol. The quantitative estimate of drug-likeness (QED) is 0.891. The molecule has 100 valence electrons. The summed E-state index contributed by atoms with van der Waals surface area (Å²) in [5.41, 5.74) is 6.94. The minimum atomic E-state index is -0.201. The Morgan fingerprint density at radius 2 is 2.06 bits per heavy atom. The van der Waals surface area contributed by atoms with Crippen molar-refractivity contribution in [2.75, 3.05) is 6.54 Å². The van der Waals surface area contributed by atoms with Gasteiger partial charge in [-0.05, 0) is 63.3 Å². The van der Waals surface area contributed by atoms with Crippen LogP contribution >= 0.6 is 0 Å². The zero-order valence-corrected chi connectivity index (χ0v) is 11.2. The van der Waals surface area contributed by atoms with Gasteiger partial charge in [0.15, 0.2) is 0 Å². The van der Waals surface area contributed by atoms with Gasteiger partial charge >= 0.3 is 0 Å². The topological polar surface area (TPSA) is 35.2 Å². The molecule has 0 saturated carbocycles. The van der Waals surface area contributed by atoms with Crippen molar-refractivity contribution in [3.05, 3.63) is 35.6 Å². The summed E-state index contributed by atoms with van der Waals surface area (Å²) in [6, 6.07) is 6.65. The second-order valence-corrected chi connectivity index (χ2v) is 5.76. The van der Waals surface area contributed by atoms with E-state index in [1.165, 1.54) is 12.1 Å². The average Bonchev–Trinajstić information content (AvgIpc) is 2.67. The molecule has 2 unspecified atom stereocenters. The van der Waals surface area contributed by atoms with Gasteiger partial charge in [0.25, 0.3) is 0 Å². The van der Waals surface area contributed by atoms with E-state index in [4.69, 9.17) is 10.5 Å². The SMILES string of the molecule is CC1(C)CCC(CC(CN)c2ccc(F)cc2)O1. The molecule has 0 aliphatic carbocycles. The Morgan fingerprint density at radius 3 is 2.56 bits per heavy atom. The molecule has 1 aliphatic rings. The molecule has 1 heterocycles. The van der Waals surface area contributed by atoms with E-state index < -0.39 is 0 Å². The summed E-state index contributed by atoms with van der Waals surface area (Å²) >= 11 is 0. The van der Waals surface area contributed by atoms with E-state index in [0.29, 0.717) is 6.54 Å². The minimum Gasteiger partial charge on any atom is -0.372 e. The smallest absolute Gasteiger partial charge is 0.123 e. The number of hydrogen-bond donors (Lipinski definition) is 1. The maximum atomic E-state index is 12.9. The molecule has 0 spiro atoms. The molecule has 18 heavy (non-hydrogen) atoms. The lowest BCUT2D eigenvalue weighted by atomic mass is 9.92. The zero-order chi connectivity index (χ0) is 13.2.